The van der Waals surface area contributed by atoms with Gasteiger partial charge >= 0.3 is 0 Å². The second-order valence-corrected chi connectivity index (χ2v) is 9.24. The van der Waals surface area contributed by atoms with Gasteiger partial charge in [-0.2, -0.15) is 0 Å². The first-order valence-electron chi connectivity index (χ1n) is 9.59. The molecule has 0 aliphatic heterocycles. The van der Waals surface area contributed by atoms with Gasteiger partial charge in [0, 0.05) is 18.7 Å². The first-order valence-corrected chi connectivity index (χ1v) is 11.2. The SMILES string of the molecule is Cc1ncccc1OC1CCC(NC(=O)CCS(=O)(=O)c2ccccc2)CC1. The van der Waals surface area contributed by atoms with Crippen LogP contribution in [-0.2, 0) is 14.6 Å². The maximum Gasteiger partial charge on any atom is 0.221 e. The first kappa shape index (κ1) is 20.3. The molecular formula is C21H26N2O4S. The second kappa shape index (κ2) is 9.19. The zero-order valence-corrected chi connectivity index (χ0v) is 16.8. The minimum absolute atomic E-state index is 0.0253. The number of hydrogen-bond donors (Lipinski definition) is 1. The lowest BCUT2D eigenvalue weighted by molar-refractivity contribution is -0.121. The quantitative estimate of drug-likeness (QED) is 0.769. The number of carbonyl (C=O) groups excluding carboxylic acids is 1. The summed E-state index contributed by atoms with van der Waals surface area (Å²) in [7, 11) is -3.43. The highest BCUT2D eigenvalue weighted by molar-refractivity contribution is 7.91. The fraction of sp³-hybridized carbons (Fsp3) is 0.429. The number of aromatic nitrogens is 1. The molecule has 6 nitrogen and oxygen atoms in total. The van der Waals surface area contributed by atoms with Crippen LogP contribution in [0, 0.1) is 6.92 Å². The Morgan fingerprint density at radius 2 is 1.82 bits per heavy atom. The summed E-state index contributed by atoms with van der Waals surface area (Å²) in [5.41, 5.74) is 0.873. The third kappa shape index (κ3) is 5.55. The van der Waals surface area contributed by atoms with Crippen molar-refractivity contribution in [3.8, 4) is 5.75 Å². The second-order valence-electron chi connectivity index (χ2n) is 7.13. The fourth-order valence-electron chi connectivity index (χ4n) is 3.37. The number of amides is 1. The largest absolute Gasteiger partial charge is 0.489 e. The van der Waals surface area contributed by atoms with Gasteiger partial charge in [-0.1, -0.05) is 18.2 Å². The number of sulfone groups is 1. The van der Waals surface area contributed by atoms with Gasteiger partial charge in [-0.15, -0.1) is 0 Å². The molecule has 0 unspecified atom stereocenters. The molecule has 1 aromatic heterocycles. The average Bonchev–Trinajstić information content (AvgIpc) is 2.70. The van der Waals surface area contributed by atoms with Crippen LogP contribution in [0.2, 0.25) is 0 Å². The van der Waals surface area contributed by atoms with Crippen molar-refractivity contribution in [2.75, 3.05) is 5.75 Å². The molecule has 1 N–H and O–H groups in total. The van der Waals surface area contributed by atoms with Crippen LogP contribution in [0.5, 0.6) is 5.75 Å². The summed E-state index contributed by atoms with van der Waals surface area (Å²) >= 11 is 0. The van der Waals surface area contributed by atoms with Gasteiger partial charge in [0.05, 0.1) is 22.4 Å². The van der Waals surface area contributed by atoms with Crippen LogP contribution in [-0.4, -0.2) is 37.2 Å². The number of hydrogen-bond acceptors (Lipinski definition) is 5. The van der Waals surface area contributed by atoms with Gasteiger partial charge < -0.3 is 10.1 Å². The van der Waals surface area contributed by atoms with Crippen LogP contribution in [0.4, 0.5) is 0 Å². The molecule has 150 valence electrons. The predicted molar refractivity (Wildman–Crippen MR) is 107 cm³/mol. The van der Waals surface area contributed by atoms with E-state index in [1.54, 1.807) is 36.5 Å². The van der Waals surface area contributed by atoms with Crippen LogP contribution < -0.4 is 10.1 Å². The normalized spacial score (nSPS) is 19.8. The number of rotatable bonds is 7. The van der Waals surface area contributed by atoms with Gasteiger partial charge in [-0.05, 0) is 56.9 Å². The Labute approximate surface area is 166 Å². The van der Waals surface area contributed by atoms with E-state index in [1.807, 2.05) is 19.1 Å². The van der Waals surface area contributed by atoms with Gasteiger partial charge in [0.15, 0.2) is 9.84 Å². The third-order valence-electron chi connectivity index (χ3n) is 4.99. The highest BCUT2D eigenvalue weighted by Crippen LogP contribution is 2.25. The molecule has 1 fully saturated rings. The van der Waals surface area contributed by atoms with E-state index in [9.17, 15) is 13.2 Å². The monoisotopic (exact) mass is 402 g/mol. The van der Waals surface area contributed by atoms with E-state index in [1.165, 1.54) is 0 Å². The van der Waals surface area contributed by atoms with Gasteiger partial charge in [0.25, 0.3) is 0 Å². The summed E-state index contributed by atoms with van der Waals surface area (Å²) in [4.78, 5) is 16.7. The third-order valence-corrected chi connectivity index (χ3v) is 6.72. The number of carbonyl (C=O) groups is 1. The van der Waals surface area contributed by atoms with Crippen LogP contribution >= 0.6 is 0 Å². The Bertz CT molecular complexity index is 892. The zero-order valence-electron chi connectivity index (χ0n) is 16.0. The highest BCUT2D eigenvalue weighted by Gasteiger charge is 2.24. The Morgan fingerprint density at radius 3 is 2.50 bits per heavy atom. The number of nitrogens with zero attached hydrogens (tertiary/aromatic N) is 1. The lowest BCUT2D eigenvalue weighted by Crippen LogP contribution is -2.40. The lowest BCUT2D eigenvalue weighted by atomic mass is 9.93. The molecule has 1 aromatic carbocycles. The molecule has 1 aliphatic carbocycles. The van der Waals surface area contributed by atoms with Crippen molar-refractivity contribution in [2.24, 2.45) is 0 Å². The van der Waals surface area contributed by atoms with E-state index in [0.717, 1.165) is 37.1 Å². The van der Waals surface area contributed by atoms with Crippen molar-refractivity contribution < 1.29 is 17.9 Å². The Kier molecular flexibility index (Phi) is 6.67. The van der Waals surface area contributed by atoms with E-state index in [0.29, 0.717) is 0 Å². The molecule has 28 heavy (non-hydrogen) atoms. The van der Waals surface area contributed by atoms with Gasteiger partial charge in [-0.3, -0.25) is 9.78 Å². The Balaban J connectivity index is 1.42. The van der Waals surface area contributed by atoms with Crippen molar-refractivity contribution >= 4 is 15.7 Å². The summed E-state index contributed by atoms with van der Waals surface area (Å²) in [5, 5.41) is 2.97. The molecule has 0 saturated heterocycles. The molecule has 0 atom stereocenters. The van der Waals surface area contributed by atoms with Crippen molar-refractivity contribution in [1.29, 1.82) is 0 Å². The van der Waals surface area contributed by atoms with Crippen molar-refractivity contribution in [1.82, 2.24) is 10.3 Å². The molecule has 0 bridgehead atoms. The summed E-state index contributed by atoms with van der Waals surface area (Å²) in [6.07, 6.45) is 5.18. The Hall–Kier alpha value is -2.41. The van der Waals surface area contributed by atoms with Gasteiger partial charge in [-0.25, -0.2) is 8.42 Å². The van der Waals surface area contributed by atoms with Crippen LogP contribution in [0.25, 0.3) is 0 Å². The molecule has 7 heteroatoms. The molecule has 2 aromatic rings. The first-order chi connectivity index (χ1) is 13.4. The van der Waals surface area contributed by atoms with E-state index in [2.05, 4.69) is 10.3 Å². The molecule has 3 rings (SSSR count). The summed E-state index contributed by atoms with van der Waals surface area (Å²) < 4.78 is 30.6. The van der Waals surface area contributed by atoms with Gasteiger partial charge in [0.2, 0.25) is 5.91 Å². The zero-order chi connectivity index (χ0) is 20.0. The molecule has 1 aliphatic rings. The van der Waals surface area contributed by atoms with Crippen molar-refractivity contribution in [3.05, 3.63) is 54.4 Å². The number of nitrogens with one attached hydrogen (secondary N) is 1. The molecule has 1 amide bonds. The maximum absolute atomic E-state index is 12.3. The number of aryl methyl sites for hydroxylation is 1. The molecule has 0 radical (unpaired) electrons. The van der Waals surface area contributed by atoms with Crippen molar-refractivity contribution in [3.63, 3.8) is 0 Å². The van der Waals surface area contributed by atoms with E-state index >= 15 is 0 Å². The van der Waals surface area contributed by atoms with E-state index in [4.69, 9.17) is 4.74 Å². The number of pyridine rings is 1. The Morgan fingerprint density at radius 1 is 1.11 bits per heavy atom. The topological polar surface area (TPSA) is 85.4 Å². The summed E-state index contributed by atoms with van der Waals surface area (Å²) in [6, 6.07) is 12.1. The molecular weight excluding hydrogens is 376 g/mol. The summed E-state index contributed by atoms with van der Waals surface area (Å²) in [6.45, 7) is 1.92. The van der Waals surface area contributed by atoms with Crippen LogP contribution in [0.1, 0.15) is 37.8 Å². The van der Waals surface area contributed by atoms with E-state index in [-0.39, 0.29) is 35.1 Å². The standard InChI is InChI=1S/C21H26N2O4S/c1-16-20(8-5-14-22-16)27-18-11-9-17(10-12-18)23-21(24)13-15-28(25,26)19-6-3-2-4-7-19/h2-8,14,17-18H,9-13,15H2,1H3,(H,23,24). The molecule has 0 spiro atoms. The van der Waals surface area contributed by atoms with Crippen LogP contribution in [0.3, 0.4) is 0 Å². The summed E-state index contributed by atoms with van der Waals surface area (Å²) in [5.74, 6) is 0.412. The minimum Gasteiger partial charge on any atom is -0.489 e. The smallest absolute Gasteiger partial charge is 0.221 e. The molecule has 1 heterocycles. The van der Waals surface area contributed by atoms with Crippen LogP contribution in [0.15, 0.2) is 53.6 Å². The lowest BCUT2D eigenvalue weighted by Gasteiger charge is -2.29. The molecule has 1 saturated carbocycles. The highest BCUT2D eigenvalue weighted by atomic mass is 32.2. The van der Waals surface area contributed by atoms with Crippen molar-refractivity contribution in [2.45, 2.75) is 56.1 Å². The maximum atomic E-state index is 12.3. The van der Waals surface area contributed by atoms with E-state index < -0.39 is 9.84 Å². The fourth-order valence-corrected chi connectivity index (χ4v) is 4.63. The number of ether oxygens (including phenoxy) is 1. The van der Waals surface area contributed by atoms with Gasteiger partial charge in [0.1, 0.15) is 5.75 Å². The average molecular weight is 403 g/mol. The minimum atomic E-state index is -3.43. The number of benzene rings is 1. The predicted octanol–water partition coefficient (Wildman–Crippen LogP) is 3.06.